The van der Waals surface area contributed by atoms with E-state index < -0.39 is 17.5 Å². The summed E-state index contributed by atoms with van der Waals surface area (Å²) in [5, 5.41) is 2.38. The second kappa shape index (κ2) is 5.36. The third-order valence-corrected chi connectivity index (χ3v) is 3.80. The molecule has 0 aliphatic rings. The number of rotatable bonds is 3. The molecule has 0 aliphatic carbocycles. The van der Waals surface area contributed by atoms with Gasteiger partial charge in [0.25, 0.3) is 5.91 Å². The minimum atomic E-state index is -0.854. The van der Waals surface area contributed by atoms with Gasteiger partial charge < -0.3 is 11.1 Å². The van der Waals surface area contributed by atoms with Crippen LogP contribution in [0.2, 0.25) is 0 Å². The number of hydrogen-bond donors (Lipinski definition) is 2. The first-order valence-corrected chi connectivity index (χ1v) is 6.47. The molecule has 1 aromatic carbocycles. The van der Waals surface area contributed by atoms with Crippen molar-refractivity contribution in [2.24, 2.45) is 0 Å². The van der Waals surface area contributed by atoms with Gasteiger partial charge >= 0.3 is 0 Å². The third-order valence-electron chi connectivity index (χ3n) is 2.57. The maximum absolute atomic E-state index is 13.5. The molecule has 19 heavy (non-hydrogen) atoms. The maximum Gasteiger partial charge on any atom is 0.265 e. The van der Waals surface area contributed by atoms with Crippen LogP contribution in [0.5, 0.6) is 0 Å². The molecule has 1 aromatic heterocycles. The fourth-order valence-electron chi connectivity index (χ4n) is 1.54. The van der Waals surface area contributed by atoms with Crippen LogP contribution < -0.4 is 11.1 Å². The number of amides is 1. The molecule has 0 aliphatic heterocycles. The molecule has 0 saturated carbocycles. The highest BCUT2D eigenvalue weighted by atomic mass is 32.1. The first-order chi connectivity index (χ1) is 9.01. The Morgan fingerprint density at radius 1 is 1.32 bits per heavy atom. The Balaban J connectivity index is 2.21. The molecule has 0 bridgehead atoms. The standard InChI is InChI=1S/C13H12F2N2OS/c1-2-7-3-4-12(19-7)13(18)17-11-6-10(16)8(14)5-9(11)15/h3-6H,2,16H2,1H3,(H,17,18). The number of nitrogens with one attached hydrogen (secondary N) is 1. The molecule has 0 saturated heterocycles. The highest BCUT2D eigenvalue weighted by Crippen LogP contribution is 2.23. The average Bonchev–Trinajstić information content (AvgIpc) is 2.84. The molecule has 100 valence electrons. The monoisotopic (exact) mass is 282 g/mol. The highest BCUT2D eigenvalue weighted by molar-refractivity contribution is 7.14. The summed E-state index contributed by atoms with van der Waals surface area (Å²) in [6, 6.07) is 5.23. The van der Waals surface area contributed by atoms with Crippen LogP contribution in [0, 0.1) is 11.6 Å². The predicted octanol–water partition coefficient (Wildman–Crippen LogP) is 3.42. The van der Waals surface area contributed by atoms with E-state index in [-0.39, 0.29) is 11.4 Å². The molecule has 6 heteroatoms. The molecule has 2 aromatic rings. The summed E-state index contributed by atoms with van der Waals surface area (Å²) >= 11 is 1.33. The second-order valence-corrected chi connectivity index (χ2v) is 5.10. The zero-order chi connectivity index (χ0) is 14.0. The van der Waals surface area contributed by atoms with Crippen molar-refractivity contribution in [1.82, 2.24) is 0 Å². The van der Waals surface area contributed by atoms with E-state index in [0.717, 1.165) is 17.4 Å². The Hall–Kier alpha value is -1.95. The molecule has 0 spiro atoms. The lowest BCUT2D eigenvalue weighted by atomic mass is 10.2. The quantitative estimate of drug-likeness (QED) is 0.847. The molecular formula is C13H12F2N2OS. The van der Waals surface area contributed by atoms with Crippen molar-refractivity contribution in [3.8, 4) is 0 Å². The Bertz CT molecular complexity index is 625. The normalized spacial score (nSPS) is 10.5. The molecule has 0 atom stereocenters. The van der Waals surface area contributed by atoms with Crippen LogP contribution in [0.1, 0.15) is 21.5 Å². The van der Waals surface area contributed by atoms with Gasteiger partial charge in [-0.3, -0.25) is 4.79 Å². The number of carbonyl (C=O) groups excluding carboxylic acids is 1. The number of hydrogen-bond acceptors (Lipinski definition) is 3. The molecule has 1 heterocycles. The lowest BCUT2D eigenvalue weighted by Crippen LogP contribution is -2.12. The van der Waals surface area contributed by atoms with Crippen molar-refractivity contribution in [3.05, 3.63) is 45.7 Å². The third kappa shape index (κ3) is 2.90. The van der Waals surface area contributed by atoms with E-state index >= 15 is 0 Å². The predicted molar refractivity (Wildman–Crippen MR) is 72.4 cm³/mol. The van der Waals surface area contributed by atoms with E-state index in [0.29, 0.717) is 10.9 Å². The first kappa shape index (κ1) is 13.5. The van der Waals surface area contributed by atoms with Crippen molar-refractivity contribution in [3.63, 3.8) is 0 Å². The van der Waals surface area contributed by atoms with Gasteiger partial charge in [0, 0.05) is 10.9 Å². The molecule has 2 rings (SSSR count). The van der Waals surface area contributed by atoms with E-state index in [4.69, 9.17) is 5.73 Å². The van der Waals surface area contributed by atoms with Crippen LogP contribution in [-0.2, 0) is 6.42 Å². The highest BCUT2D eigenvalue weighted by Gasteiger charge is 2.13. The minimum absolute atomic E-state index is 0.129. The second-order valence-electron chi connectivity index (χ2n) is 3.93. The summed E-state index contributed by atoms with van der Waals surface area (Å²) in [7, 11) is 0. The fraction of sp³-hybridized carbons (Fsp3) is 0.154. The van der Waals surface area contributed by atoms with Crippen molar-refractivity contribution in [1.29, 1.82) is 0 Å². The van der Waals surface area contributed by atoms with Gasteiger partial charge in [-0.25, -0.2) is 8.78 Å². The zero-order valence-corrected chi connectivity index (χ0v) is 11.0. The van der Waals surface area contributed by atoms with Crippen molar-refractivity contribution in [2.75, 3.05) is 11.1 Å². The van der Waals surface area contributed by atoms with Gasteiger partial charge in [-0.1, -0.05) is 6.92 Å². The molecule has 0 fully saturated rings. The molecule has 3 nitrogen and oxygen atoms in total. The van der Waals surface area contributed by atoms with Gasteiger partial charge in [-0.15, -0.1) is 11.3 Å². The van der Waals surface area contributed by atoms with E-state index in [1.807, 2.05) is 13.0 Å². The van der Waals surface area contributed by atoms with Gasteiger partial charge in [0.1, 0.15) is 11.6 Å². The lowest BCUT2D eigenvalue weighted by Gasteiger charge is -2.06. The number of aryl methyl sites for hydroxylation is 1. The number of benzene rings is 1. The summed E-state index contributed by atoms with van der Waals surface area (Å²) in [5.41, 5.74) is 5.00. The Morgan fingerprint density at radius 2 is 2.05 bits per heavy atom. The topological polar surface area (TPSA) is 55.1 Å². The summed E-state index contributed by atoms with van der Waals surface area (Å²) in [6.07, 6.45) is 0.829. The van der Waals surface area contributed by atoms with Crippen LogP contribution in [0.25, 0.3) is 0 Å². The molecule has 3 N–H and O–H groups in total. The lowest BCUT2D eigenvalue weighted by molar-refractivity contribution is 0.103. The average molecular weight is 282 g/mol. The molecular weight excluding hydrogens is 270 g/mol. The van der Waals surface area contributed by atoms with Crippen LogP contribution in [-0.4, -0.2) is 5.91 Å². The smallest absolute Gasteiger partial charge is 0.265 e. The van der Waals surface area contributed by atoms with Gasteiger partial charge in [0.15, 0.2) is 0 Å². The number of thiophene rings is 1. The van der Waals surface area contributed by atoms with E-state index in [1.165, 1.54) is 11.3 Å². The Morgan fingerprint density at radius 3 is 2.68 bits per heavy atom. The Kier molecular flexibility index (Phi) is 3.80. The van der Waals surface area contributed by atoms with Crippen molar-refractivity contribution >= 4 is 28.6 Å². The van der Waals surface area contributed by atoms with E-state index in [9.17, 15) is 13.6 Å². The number of anilines is 2. The van der Waals surface area contributed by atoms with Gasteiger partial charge in [-0.05, 0) is 24.6 Å². The van der Waals surface area contributed by atoms with Gasteiger partial charge in [-0.2, -0.15) is 0 Å². The van der Waals surface area contributed by atoms with Crippen molar-refractivity contribution in [2.45, 2.75) is 13.3 Å². The summed E-state index contributed by atoms with van der Waals surface area (Å²) < 4.78 is 26.5. The summed E-state index contributed by atoms with van der Waals surface area (Å²) in [5.74, 6) is -2.14. The van der Waals surface area contributed by atoms with E-state index in [2.05, 4.69) is 5.32 Å². The number of nitrogens with two attached hydrogens (primary N) is 1. The first-order valence-electron chi connectivity index (χ1n) is 5.66. The summed E-state index contributed by atoms with van der Waals surface area (Å²) in [4.78, 5) is 13.4. The largest absolute Gasteiger partial charge is 0.396 e. The maximum atomic E-state index is 13.5. The molecule has 1 amide bonds. The van der Waals surface area contributed by atoms with Gasteiger partial charge in [0.2, 0.25) is 0 Å². The Labute approximate surface area is 113 Å². The minimum Gasteiger partial charge on any atom is -0.396 e. The zero-order valence-electron chi connectivity index (χ0n) is 10.2. The molecule has 0 radical (unpaired) electrons. The molecule has 0 unspecified atom stereocenters. The van der Waals surface area contributed by atoms with Gasteiger partial charge in [0.05, 0.1) is 16.3 Å². The van der Waals surface area contributed by atoms with Crippen LogP contribution in [0.15, 0.2) is 24.3 Å². The SMILES string of the molecule is CCc1ccc(C(=O)Nc2cc(N)c(F)cc2F)s1. The number of nitrogen functional groups attached to an aromatic ring is 1. The van der Waals surface area contributed by atoms with Crippen LogP contribution in [0.4, 0.5) is 20.2 Å². The van der Waals surface area contributed by atoms with Crippen molar-refractivity contribution < 1.29 is 13.6 Å². The van der Waals surface area contributed by atoms with Crippen LogP contribution in [0.3, 0.4) is 0 Å². The fourth-order valence-corrected chi connectivity index (χ4v) is 2.38. The van der Waals surface area contributed by atoms with E-state index in [1.54, 1.807) is 6.07 Å². The summed E-state index contributed by atoms with van der Waals surface area (Å²) in [6.45, 7) is 1.98. The number of carbonyl (C=O) groups is 1. The number of halogens is 2. The van der Waals surface area contributed by atoms with Crippen LogP contribution >= 0.6 is 11.3 Å².